The molecule has 1 aromatic rings. The van der Waals surface area contributed by atoms with Crippen molar-refractivity contribution in [1.29, 1.82) is 0 Å². The van der Waals surface area contributed by atoms with E-state index < -0.39 is 0 Å². The standard InChI is InChI=1S/C18H26N2OS/c1-14-3-4-15(2)16(11-14)22-12-17(21)20-9-6-18(7-10-20)5-8-19-13-18/h3-4,11,19H,5-10,12-13H2,1-2H3. The molecule has 2 heterocycles. The highest BCUT2D eigenvalue weighted by atomic mass is 32.2. The molecule has 0 bridgehead atoms. The quantitative estimate of drug-likeness (QED) is 0.870. The summed E-state index contributed by atoms with van der Waals surface area (Å²) >= 11 is 1.68. The van der Waals surface area contributed by atoms with Gasteiger partial charge >= 0.3 is 0 Å². The summed E-state index contributed by atoms with van der Waals surface area (Å²) in [6.07, 6.45) is 3.62. The van der Waals surface area contributed by atoms with Gasteiger partial charge in [-0.15, -0.1) is 11.8 Å². The predicted molar refractivity (Wildman–Crippen MR) is 92.4 cm³/mol. The van der Waals surface area contributed by atoms with E-state index in [1.54, 1.807) is 11.8 Å². The lowest BCUT2D eigenvalue weighted by molar-refractivity contribution is -0.130. The highest BCUT2D eigenvalue weighted by molar-refractivity contribution is 8.00. The summed E-state index contributed by atoms with van der Waals surface area (Å²) in [6.45, 7) is 8.39. The minimum absolute atomic E-state index is 0.298. The lowest BCUT2D eigenvalue weighted by Crippen LogP contribution is -2.44. The summed E-state index contributed by atoms with van der Waals surface area (Å²) < 4.78 is 0. The number of carbonyl (C=O) groups excluding carboxylic acids is 1. The van der Waals surface area contributed by atoms with Crippen molar-refractivity contribution in [1.82, 2.24) is 10.2 Å². The van der Waals surface area contributed by atoms with Gasteiger partial charge < -0.3 is 10.2 Å². The minimum Gasteiger partial charge on any atom is -0.342 e. The minimum atomic E-state index is 0.298. The van der Waals surface area contributed by atoms with Gasteiger partial charge in [-0.3, -0.25) is 4.79 Å². The van der Waals surface area contributed by atoms with Crippen molar-refractivity contribution in [2.24, 2.45) is 5.41 Å². The van der Waals surface area contributed by atoms with Crippen LogP contribution in [0.2, 0.25) is 0 Å². The zero-order valence-corrected chi connectivity index (χ0v) is 14.5. The Morgan fingerprint density at radius 3 is 2.73 bits per heavy atom. The number of hydrogen-bond acceptors (Lipinski definition) is 3. The number of carbonyl (C=O) groups is 1. The monoisotopic (exact) mass is 318 g/mol. The molecule has 2 aliphatic rings. The van der Waals surface area contributed by atoms with E-state index in [1.807, 2.05) is 0 Å². The van der Waals surface area contributed by atoms with E-state index in [2.05, 4.69) is 42.3 Å². The van der Waals surface area contributed by atoms with Crippen LogP contribution in [-0.2, 0) is 4.79 Å². The molecular weight excluding hydrogens is 292 g/mol. The Labute approximate surface area is 137 Å². The van der Waals surface area contributed by atoms with E-state index in [4.69, 9.17) is 0 Å². The first kappa shape index (κ1) is 15.9. The smallest absolute Gasteiger partial charge is 0.232 e. The molecule has 0 aliphatic carbocycles. The Kier molecular flexibility index (Phi) is 4.79. The molecule has 2 fully saturated rings. The van der Waals surface area contributed by atoms with Crippen molar-refractivity contribution in [2.45, 2.75) is 38.0 Å². The molecule has 0 saturated carbocycles. The fraction of sp³-hybridized carbons (Fsp3) is 0.611. The van der Waals surface area contributed by atoms with Crippen molar-refractivity contribution < 1.29 is 4.79 Å². The highest BCUT2D eigenvalue weighted by Crippen LogP contribution is 2.37. The van der Waals surface area contributed by atoms with Crippen LogP contribution in [0.3, 0.4) is 0 Å². The highest BCUT2D eigenvalue weighted by Gasteiger charge is 2.37. The van der Waals surface area contributed by atoms with Crippen LogP contribution in [0, 0.1) is 19.3 Å². The summed E-state index contributed by atoms with van der Waals surface area (Å²) in [5, 5.41) is 3.48. The molecular formula is C18H26N2OS. The van der Waals surface area contributed by atoms with Crippen molar-refractivity contribution >= 4 is 17.7 Å². The van der Waals surface area contributed by atoms with E-state index >= 15 is 0 Å². The molecule has 1 amide bonds. The third-order valence-electron chi connectivity index (χ3n) is 5.20. The zero-order chi connectivity index (χ0) is 15.6. The van der Waals surface area contributed by atoms with Gasteiger partial charge in [-0.25, -0.2) is 0 Å². The van der Waals surface area contributed by atoms with Crippen LogP contribution in [0.1, 0.15) is 30.4 Å². The average Bonchev–Trinajstić information content (AvgIpc) is 2.97. The Hall–Kier alpha value is -1.00. The molecule has 0 aromatic heterocycles. The first-order valence-electron chi connectivity index (χ1n) is 8.27. The van der Waals surface area contributed by atoms with Crippen molar-refractivity contribution in [3.05, 3.63) is 29.3 Å². The van der Waals surface area contributed by atoms with E-state index in [9.17, 15) is 4.79 Å². The molecule has 22 heavy (non-hydrogen) atoms. The number of amides is 1. The lowest BCUT2D eigenvalue weighted by Gasteiger charge is -2.38. The van der Waals surface area contributed by atoms with Crippen molar-refractivity contribution in [3.63, 3.8) is 0 Å². The number of likely N-dealkylation sites (tertiary alicyclic amines) is 1. The molecule has 0 unspecified atom stereocenters. The molecule has 2 saturated heterocycles. The Morgan fingerprint density at radius 2 is 2.05 bits per heavy atom. The average molecular weight is 318 g/mol. The van der Waals surface area contributed by atoms with Crippen LogP contribution in [0.4, 0.5) is 0 Å². The third kappa shape index (κ3) is 3.49. The number of benzene rings is 1. The summed E-state index contributed by atoms with van der Waals surface area (Å²) in [5.41, 5.74) is 3.00. The van der Waals surface area contributed by atoms with Crippen LogP contribution in [0.15, 0.2) is 23.1 Å². The third-order valence-corrected chi connectivity index (χ3v) is 6.35. The van der Waals surface area contributed by atoms with Gasteiger partial charge in [0.2, 0.25) is 5.91 Å². The number of hydrogen-bond donors (Lipinski definition) is 1. The van der Waals surface area contributed by atoms with Gasteiger partial charge in [0.05, 0.1) is 5.75 Å². The first-order chi connectivity index (χ1) is 10.6. The molecule has 1 spiro atoms. The molecule has 0 radical (unpaired) electrons. The number of aryl methyl sites for hydroxylation is 2. The Bertz CT molecular complexity index is 542. The fourth-order valence-corrected chi connectivity index (χ4v) is 4.57. The second kappa shape index (κ2) is 6.63. The maximum absolute atomic E-state index is 12.5. The van der Waals surface area contributed by atoms with Crippen LogP contribution < -0.4 is 5.32 Å². The second-order valence-corrected chi connectivity index (χ2v) is 7.88. The van der Waals surface area contributed by atoms with Crippen LogP contribution >= 0.6 is 11.8 Å². The molecule has 0 atom stereocenters. The van der Waals surface area contributed by atoms with Crippen LogP contribution in [0.25, 0.3) is 0 Å². The Balaban J connectivity index is 1.51. The fourth-order valence-electron chi connectivity index (χ4n) is 3.55. The normalized spacial score (nSPS) is 20.5. The molecule has 1 N–H and O–H groups in total. The maximum atomic E-state index is 12.5. The van der Waals surface area contributed by atoms with Crippen LogP contribution in [-0.4, -0.2) is 42.7 Å². The SMILES string of the molecule is Cc1ccc(C)c(SCC(=O)N2CCC3(CCNC3)CC2)c1. The second-order valence-electron chi connectivity index (χ2n) is 6.87. The lowest BCUT2D eigenvalue weighted by atomic mass is 9.78. The van der Waals surface area contributed by atoms with E-state index in [0.29, 0.717) is 17.1 Å². The molecule has 3 rings (SSSR count). The first-order valence-corrected chi connectivity index (χ1v) is 9.25. The zero-order valence-electron chi connectivity index (χ0n) is 13.7. The largest absolute Gasteiger partial charge is 0.342 e. The van der Waals surface area contributed by atoms with Crippen LogP contribution in [0.5, 0.6) is 0 Å². The summed E-state index contributed by atoms with van der Waals surface area (Å²) in [6, 6.07) is 6.45. The number of rotatable bonds is 3. The molecule has 4 heteroatoms. The molecule has 2 aliphatic heterocycles. The predicted octanol–water partition coefficient (Wildman–Crippen LogP) is 3.00. The maximum Gasteiger partial charge on any atom is 0.232 e. The molecule has 120 valence electrons. The van der Waals surface area contributed by atoms with Gasteiger partial charge in [0, 0.05) is 24.5 Å². The van der Waals surface area contributed by atoms with Gasteiger partial charge in [0.25, 0.3) is 0 Å². The number of nitrogens with one attached hydrogen (secondary N) is 1. The topological polar surface area (TPSA) is 32.3 Å². The van der Waals surface area contributed by atoms with Gasteiger partial charge in [-0.05, 0) is 56.7 Å². The van der Waals surface area contributed by atoms with Gasteiger partial charge in [-0.1, -0.05) is 17.7 Å². The number of piperidine rings is 1. The summed E-state index contributed by atoms with van der Waals surface area (Å²) in [7, 11) is 0. The summed E-state index contributed by atoms with van der Waals surface area (Å²) in [5.74, 6) is 0.863. The molecule has 1 aromatic carbocycles. The Morgan fingerprint density at radius 1 is 1.27 bits per heavy atom. The van der Waals surface area contributed by atoms with E-state index in [-0.39, 0.29) is 0 Å². The van der Waals surface area contributed by atoms with E-state index in [0.717, 1.165) is 26.2 Å². The van der Waals surface area contributed by atoms with E-state index in [1.165, 1.54) is 35.3 Å². The van der Waals surface area contributed by atoms with Gasteiger partial charge in [-0.2, -0.15) is 0 Å². The van der Waals surface area contributed by atoms with Crippen molar-refractivity contribution in [3.8, 4) is 0 Å². The molecule has 3 nitrogen and oxygen atoms in total. The van der Waals surface area contributed by atoms with Gasteiger partial charge in [0.1, 0.15) is 0 Å². The number of nitrogens with zero attached hydrogens (tertiary/aromatic N) is 1. The van der Waals surface area contributed by atoms with Crippen molar-refractivity contribution in [2.75, 3.05) is 31.9 Å². The number of thioether (sulfide) groups is 1. The van der Waals surface area contributed by atoms with Gasteiger partial charge in [0.15, 0.2) is 0 Å². The summed E-state index contributed by atoms with van der Waals surface area (Å²) in [4.78, 5) is 15.8.